The highest BCUT2D eigenvalue weighted by Crippen LogP contribution is 2.18. The molecule has 1 heterocycles. The van der Waals surface area contributed by atoms with Gasteiger partial charge in [0.25, 0.3) is 0 Å². The zero-order valence-electron chi connectivity index (χ0n) is 8.27. The zero-order chi connectivity index (χ0) is 9.68. The Balaban J connectivity index is 2.53. The Kier molecular flexibility index (Phi) is 3.83. The summed E-state index contributed by atoms with van der Waals surface area (Å²) >= 11 is 0. The van der Waals surface area contributed by atoms with E-state index in [-0.39, 0.29) is 6.04 Å². The summed E-state index contributed by atoms with van der Waals surface area (Å²) in [4.78, 5) is 7.90. The fourth-order valence-corrected chi connectivity index (χ4v) is 1.24. The summed E-state index contributed by atoms with van der Waals surface area (Å²) in [5.74, 6) is 0.662. The van der Waals surface area contributed by atoms with Gasteiger partial charge in [-0.15, -0.1) is 0 Å². The van der Waals surface area contributed by atoms with Crippen LogP contribution in [0.2, 0.25) is 0 Å². The van der Waals surface area contributed by atoms with E-state index in [1.165, 1.54) is 12.7 Å². The van der Waals surface area contributed by atoms with Gasteiger partial charge in [-0.3, -0.25) is 0 Å². The number of aromatic nitrogens is 2. The van der Waals surface area contributed by atoms with Crippen molar-refractivity contribution in [3.63, 3.8) is 0 Å². The maximum atomic E-state index is 5.99. The van der Waals surface area contributed by atoms with Gasteiger partial charge in [-0.25, -0.2) is 9.97 Å². The number of hydrogen-bond acceptors (Lipinski definition) is 3. The molecule has 0 aliphatic carbocycles. The van der Waals surface area contributed by atoms with Crippen molar-refractivity contribution < 1.29 is 0 Å². The minimum Gasteiger partial charge on any atom is -0.324 e. The van der Waals surface area contributed by atoms with Crippen LogP contribution in [0, 0.1) is 5.92 Å². The first-order valence-corrected chi connectivity index (χ1v) is 4.74. The lowest BCUT2D eigenvalue weighted by Gasteiger charge is -2.15. The lowest BCUT2D eigenvalue weighted by molar-refractivity contribution is 0.460. The lowest BCUT2D eigenvalue weighted by Crippen LogP contribution is -2.14. The van der Waals surface area contributed by atoms with Crippen LogP contribution in [0.5, 0.6) is 0 Å². The van der Waals surface area contributed by atoms with Crippen LogP contribution in [-0.4, -0.2) is 9.97 Å². The maximum Gasteiger partial charge on any atom is 0.115 e. The number of nitrogens with two attached hydrogens (primary N) is 1. The van der Waals surface area contributed by atoms with E-state index in [1.807, 2.05) is 0 Å². The lowest BCUT2D eigenvalue weighted by atomic mass is 9.97. The molecule has 1 aromatic heterocycles. The van der Waals surface area contributed by atoms with Gasteiger partial charge in [0.15, 0.2) is 0 Å². The van der Waals surface area contributed by atoms with E-state index in [1.54, 1.807) is 12.4 Å². The van der Waals surface area contributed by atoms with Gasteiger partial charge in [0, 0.05) is 24.0 Å². The minimum atomic E-state index is 0.0798. The molecule has 0 saturated carbocycles. The fraction of sp³-hybridized carbons (Fsp3) is 0.600. The molecule has 0 amide bonds. The Morgan fingerprint density at radius 3 is 2.54 bits per heavy atom. The summed E-state index contributed by atoms with van der Waals surface area (Å²) in [5.41, 5.74) is 7.02. The van der Waals surface area contributed by atoms with Gasteiger partial charge >= 0.3 is 0 Å². The van der Waals surface area contributed by atoms with Gasteiger partial charge in [0.05, 0.1) is 0 Å². The van der Waals surface area contributed by atoms with Gasteiger partial charge in [-0.1, -0.05) is 20.3 Å². The summed E-state index contributed by atoms with van der Waals surface area (Å²) < 4.78 is 0. The molecule has 0 aliphatic rings. The van der Waals surface area contributed by atoms with Crippen molar-refractivity contribution in [1.29, 1.82) is 0 Å². The van der Waals surface area contributed by atoms with E-state index < -0.39 is 0 Å². The summed E-state index contributed by atoms with van der Waals surface area (Å²) in [6, 6.07) is 0.0798. The summed E-state index contributed by atoms with van der Waals surface area (Å²) in [6.07, 6.45) is 7.28. The molecule has 0 spiro atoms. The van der Waals surface area contributed by atoms with Gasteiger partial charge in [0.1, 0.15) is 6.33 Å². The predicted octanol–water partition coefficient (Wildman–Crippen LogP) is 1.91. The molecule has 13 heavy (non-hydrogen) atoms. The maximum absolute atomic E-state index is 5.99. The first-order valence-electron chi connectivity index (χ1n) is 4.74. The average Bonchev–Trinajstić information content (AvgIpc) is 2.19. The molecule has 0 saturated heterocycles. The second kappa shape index (κ2) is 4.92. The molecule has 1 aromatic rings. The van der Waals surface area contributed by atoms with Gasteiger partial charge < -0.3 is 5.73 Å². The van der Waals surface area contributed by atoms with Crippen LogP contribution < -0.4 is 5.73 Å². The van der Waals surface area contributed by atoms with Crippen LogP contribution in [0.1, 0.15) is 38.3 Å². The zero-order valence-corrected chi connectivity index (χ0v) is 8.27. The molecule has 0 aromatic carbocycles. The Bertz CT molecular complexity index is 235. The van der Waals surface area contributed by atoms with Gasteiger partial charge in [-0.05, 0) is 12.3 Å². The molecule has 0 bridgehead atoms. The Hall–Kier alpha value is -0.960. The Morgan fingerprint density at radius 2 is 2.00 bits per heavy atom. The molecular formula is C10H17N3. The minimum absolute atomic E-state index is 0.0798. The highest BCUT2D eigenvalue weighted by molar-refractivity contribution is 5.08. The normalized spacial score (nSPS) is 15.3. The first kappa shape index (κ1) is 10.1. The summed E-state index contributed by atoms with van der Waals surface area (Å²) in [7, 11) is 0. The molecule has 2 N–H and O–H groups in total. The molecule has 0 radical (unpaired) electrons. The van der Waals surface area contributed by atoms with Crippen LogP contribution in [0.15, 0.2) is 18.7 Å². The third-order valence-electron chi connectivity index (χ3n) is 2.36. The predicted molar refractivity (Wildman–Crippen MR) is 53.0 cm³/mol. The second-order valence-corrected chi connectivity index (χ2v) is 3.53. The molecule has 72 valence electrons. The summed E-state index contributed by atoms with van der Waals surface area (Å²) in [5, 5.41) is 0. The third-order valence-corrected chi connectivity index (χ3v) is 2.36. The standard InChI is InChI=1S/C10H17N3/c1-3-8(2)4-10(11)9-5-12-7-13-6-9/h5-8,10H,3-4,11H2,1-2H3. The van der Waals surface area contributed by atoms with E-state index >= 15 is 0 Å². The van der Waals surface area contributed by atoms with Crippen molar-refractivity contribution >= 4 is 0 Å². The van der Waals surface area contributed by atoms with Crippen molar-refractivity contribution in [3.8, 4) is 0 Å². The molecule has 3 nitrogen and oxygen atoms in total. The van der Waals surface area contributed by atoms with E-state index in [2.05, 4.69) is 23.8 Å². The molecule has 0 aliphatic heterocycles. The van der Waals surface area contributed by atoms with Crippen LogP contribution in [0.3, 0.4) is 0 Å². The van der Waals surface area contributed by atoms with Crippen molar-refractivity contribution in [2.45, 2.75) is 32.7 Å². The fourth-order valence-electron chi connectivity index (χ4n) is 1.24. The van der Waals surface area contributed by atoms with Crippen LogP contribution >= 0.6 is 0 Å². The second-order valence-electron chi connectivity index (χ2n) is 3.53. The topological polar surface area (TPSA) is 51.8 Å². The van der Waals surface area contributed by atoms with Crippen LogP contribution in [-0.2, 0) is 0 Å². The molecular weight excluding hydrogens is 162 g/mol. The summed E-state index contributed by atoms with van der Waals surface area (Å²) in [6.45, 7) is 4.39. The van der Waals surface area contributed by atoms with Gasteiger partial charge in [0.2, 0.25) is 0 Å². The molecule has 0 fully saturated rings. The average molecular weight is 179 g/mol. The van der Waals surface area contributed by atoms with Crippen LogP contribution in [0.25, 0.3) is 0 Å². The molecule has 3 heteroatoms. The number of nitrogens with zero attached hydrogens (tertiary/aromatic N) is 2. The Labute approximate surface area is 79.4 Å². The number of hydrogen-bond donors (Lipinski definition) is 1. The third kappa shape index (κ3) is 3.11. The van der Waals surface area contributed by atoms with Crippen molar-refractivity contribution in [3.05, 3.63) is 24.3 Å². The smallest absolute Gasteiger partial charge is 0.115 e. The molecule has 1 rings (SSSR count). The Morgan fingerprint density at radius 1 is 1.38 bits per heavy atom. The largest absolute Gasteiger partial charge is 0.324 e. The SMILES string of the molecule is CCC(C)CC(N)c1cncnc1. The van der Waals surface area contributed by atoms with Crippen molar-refractivity contribution in [2.75, 3.05) is 0 Å². The van der Waals surface area contributed by atoms with E-state index in [0.717, 1.165) is 12.0 Å². The highest BCUT2D eigenvalue weighted by Gasteiger charge is 2.09. The number of rotatable bonds is 4. The quantitative estimate of drug-likeness (QED) is 0.768. The van der Waals surface area contributed by atoms with E-state index in [4.69, 9.17) is 5.73 Å². The van der Waals surface area contributed by atoms with Gasteiger partial charge in [-0.2, -0.15) is 0 Å². The highest BCUT2D eigenvalue weighted by atomic mass is 14.8. The molecule has 2 atom stereocenters. The van der Waals surface area contributed by atoms with E-state index in [0.29, 0.717) is 5.92 Å². The van der Waals surface area contributed by atoms with Crippen molar-refractivity contribution in [2.24, 2.45) is 11.7 Å². The monoisotopic (exact) mass is 179 g/mol. The first-order chi connectivity index (χ1) is 6.24. The van der Waals surface area contributed by atoms with E-state index in [9.17, 15) is 0 Å². The molecule has 2 unspecified atom stereocenters. The van der Waals surface area contributed by atoms with Crippen LogP contribution in [0.4, 0.5) is 0 Å². The van der Waals surface area contributed by atoms with Crippen molar-refractivity contribution in [1.82, 2.24) is 9.97 Å².